The zero-order valence-corrected chi connectivity index (χ0v) is 9.02. The molecule has 3 fully saturated rings. The third-order valence-corrected chi connectivity index (χ3v) is 4.00. The van der Waals surface area contributed by atoms with Crippen LogP contribution in [0.2, 0.25) is 0 Å². The average molecular weight is 202 g/mol. The van der Waals surface area contributed by atoms with E-state index in [9.17, 15) is 0 Å². The van der Waals surface area contributed by atoms with Crippen LogP contribution in [0.5, 0.6) is 0 Å². The molecule has 3 heterocycles. The van der Waals surface area contributed by atoms with Gasteiger partial charge in [0.1, 0.15) is 0 Å². The van der Waals surface area contributed by atoms with Crippen molar-refractivity contribution >= 4 is 5.69 Å². The van der Waals surface area contributed by atoms with Crippen molar-refractivity contribution in [2.24, 2.45) is 5.92 Å². The highest BCUT2D eigenvalue weighted by molar-refractivity contribution is 5.42. The van der Waals surface area contributed by atoms with Crippen molar-refractivity contribution in [3.63, 3.8) is 0 Å². The summed E-state index contributed by atoms with van der Waals surface area (Å²) in [7, 11) is 0. The van der Waals surface area contributed by atoms with E-state index in [2.05, 4.69) is 23.1 Å². The molecule has 15 heavy (non-hydrogen) atoms. The minimum atomic E-state index is 0.732. The standard InChI is InChI=1S/C13H18N2/c14-12-3-1-2-11(8-12)13-9-15-6-4-10(13)5-7-15/h1-3,8,10,13H,4-7,9,14H2. The topological polar surface area (TPSA) is 29.3 Å². The predicted molar refractivity (Wildman–Crippen MR) is 62.8 cm³/mol. The lowest BCUT2D eigenvalue weighted by Crippen LogP contribution is -2.46. The van der Waals surface area contributed by atoms with Gasteiger partial charge in [0.2, 0.25) is 0 Å². The molecule has 2 N–H and O–H groups in total. The van der Waals surface area contributed by atoms with Gasteiger partial charge in [0.15, 0.2) is 0 Å². The van der Waals surface area contributed by atoms with Gasteiger partial charge >= 0.3 is 0 Å². The van der Waals surface area contributed by atoms with E-state index in [1.807, 2.05) is 6.07 Å². The van der Waals surface area contributed by atoms with Crippen LogP contribution in [0.1, 0.15) is 24.3 Å². The average Bonchev–Trinajstić information content (AvgIpc) is 2.30. The molecule has 1 aromatic rings. The maximum atomic E-state index is 5.85. The molecule has 80 valence electrons. The number of rotatable bonds is 1. The van der Waals surface area contributed by atoms with Crippen LogP contribution in [0.4, 0.5) is 5.69 Å². The Morgan fingerprint density at radius 2 is 2.00 bits per heavy atom. The first-order valence-electron chi connectivity index (χ1n) is 5.91. The van der Waals surface area contributed by atoms with Gasteiger partial charge in [-0.15, -0.1) is 0 Å². The summed E-state index contributed by atoms with van der Waals surface area (Å²) in [4.78, 5) is 2.59. The molecule has 3 aliphatic heterocycles. The normalized spacial score (nSPS) is 34.3. The number of nitrogens with two attached hydrogens (primary N) is 1. The van der Waals surface area contributed by atoms with Crippen molar-refractivity contribution in [2.45, 2.75) is 18.8 Å². The first kappa shape index (κ1) is 9.22. The Labute approximate surface area is 91.1 Å². The molecule has 1 aromatic carbocycles. The van der Waals surface area contributed by atoms with E-state index < -0.39 is 0 Å². The zero-order chi connectivity index (χ0) is 10.3. The number of hydrogen-bond donors (Lipinski definition) is 1. The van der Waals surface area contributed by atoms with Crippen LogP contribution in [0.3, 0.4) is 0 Å². The van der Waals surface area contributed by atoms with Crippen LogP contribution in [0.25, 0.3) is 0 Å². The molecule has 0 saturated carbocycles. The minimum absolute atomic E-state index is 0.732. The number of fused-ring (bicyclic) bond motifs is 3. The first-order chi connectivity index (χ1) is 7.33. The Morgan fingerprint density at radius 1 is 1.20 bits per heavy atom. The van der Waals surface area contributed by atoms with E-state index >= 15 is 0 Å². The van der Waals surface area contributed by atoms with Gasteiger partial charge < -0.3 is 10.6 Å². The Balaban J connectivity index is 1.88. The van der Waals surface area contributed by atoms with E-state index in [-0.39, 0.29) is 0 Å². The number of nitrogen functional groups attached to an aromatic ring is 1. The molecule has 1 unspecified atom stereocenters. The number of nitrogens with zero attached hydrogens (tertiary/aromatic N) is 1. The van der Waals surface area contributed by atoms with Gasteiger partial charge in [0.05, 0.1) is 0 Å². The van der Waals surface area contributed by atoms with Crippen LogP contribution in [0.15, 0.2) is 24.3 Å². The smallest absolute Gasteiger partial charge is 0.0316 e. The van der Waals surface area contributed by atoms with Crippen LogP contribution < -0.4 is 5.73 Å². The fourth-order valence-corrected chi connectivity index (χ4v) is 3.13. The lowest BCUT2D eigenvalue weighted by atomic mass is 9.75. The molecule has 0 aromatic heterocycles. The lowest BCUT2D eigenvalue weighted by molar-refractivity contribution is 0.0871. The Morgan fingerprint density at radius 3 is 2.60 bits per heavy atom. The minimum Gasteiger partial charge on any atom is -0.399 e. The van der Waals surface area contributed by atoms with E-state index in [0.717, 1.165) is 17.5 Å². The largest absolute Gasteiger partial charge is 0.399 e. The van der Waals surface area contributed by atoms with Crippen LogP contribution >= 0.6 is 0 Å². The van der Waals surface area contributed by atoms with Crippen molar-refractivity contribution in [1.29, 1.82) is 0 Å². The third kappa shape index (κ3) is 1.63. The summed E-state index contributed by atoms with van der Waals surface area (Å²) in [6.07, 6.45) is 2.75. The van der Waals surface area contributed by atoms with Crippen molar-refractivity contribution in [3.8, 4) is 0 Å². The molecule has 3 aliphatic rings. The number of piperidine rings is 3. The first-order valence-corrected chi connectivity index (χ1v) is 5.91. The molecule has 0 aliphatic carbocycles. The van der Waals surface area contributed by atoms with E-state index in [1.165, 1.54) is 38.0 Å². The predicted octanol–water partition coefficient (Wildman–Crippen LogP) is 2.08. The fourth-order valence-electron chi connectivity index (χ4n) is 3.13. The molecule has 2 nitrogen and oxygen atoms in total. The maximum Gasteiger partial charge on any atom is 0.0316 e. The highest BCUT2D eigenvalue weighted by Gasteiger charge is 2.34. The van der Waals surface area contributed by atoms with Gasteiger partial charge in [-0.1, -0.05) is 12.1 Å². The molecular weight excluding hydrogens is 184 g/mol. The number of hydrogen-bond acceptors (Lipinski definition) is 2. The SMILES string of the molecule is Nc1cccc(C2CN3CCC2CC3)c1. The lowest BCUT2D eigenvalue weighted by Gasteiger charge is -2.45. The summed E-state index contributed by atoms with van der Waals surface area (Å²) < 4.78 is 0. The summed E-state index contributed by atoms with van der Waals surface area (Å²) in [5, 5.41) is 0. The quantitative estimate of drug-likeness (QED) is 0.706. The van der Waals surface area contributed by atoms with Gasteiger partial charge in [-0.3, -0.25) is 0 Å². The van der Waals surface area contributed by atoms with Gasteiger partial charge in [-0.2, -0.15) is 0 Å². The maximum absolute atomic E-state index is 5.85. The molecule has 0 amide bonds. The third-order valence-electron chi connectivity index (χ3n) is 4.00. The Kier molecular flexibility index (Phi) is 2.17. The van der Waals surface area contributed by atoms with E-state index in [1.54, 1.807) is 0 Å². The van der Waals surface area contributed by atoms with Gasteiger partial charge in [-0.25, -0.2) is 0 Å². The molecule has 3 saturated heterocycles. The van der Waals surface area contributed by atoms with E-state index in [4.69, 9.17) is 5.73 Å². The molecular formula is C13H18N2. The van der Waals surface area contributed by atoms with Crippen molar-refractivity contribution in [3.05, 3.63) is 29.8 Å². The van der Waals surface area contributed by atoms with Gasteiger partial charge in [0, 0.05) is 12.2 Å². The zero-order valence-electron chi connectivity index (χ0n) is 9.02. The number of benzene rings is 1. The highest BCUT2D eigenvalue weighted by atomic mass is 15.1. The Bertz CT molecular complexity index is 353. The van der Waals surface area contributed by atoms with Crippen LogP contribution in [-0.4, -0.2) is 24.5 Å². The molecule has 4 rings (SSSR count). The summed E-state index contributed by atoms with van der Waals surface area (Å²) in [6.45, 7) is 3.86. The van der Waals surface area contributed by atoms with Gasteiger partial charge in [0.25, 0.3) is 0 Å². The second-order valence-electron chi connectivity index (χ2n) is 4.91. The summed E-state index contributed by atoms with van der Waals surface area (Å²) in [5.41, 5.74) is 8.20. The molecule has 2 heteroatoms. The summed E-state index contributed by atoms with van der Waals surface area (Å²) >= 11 is 0. The molecule has 2 bridgehead atoms. The second kappa shape index (κ2) is 3.53. The molecule has 1 atom stereocenters. The van der Waals surface area contributed by atoms with Crippen LogP contribution in [-0.2, 0) is 0 Å². The molecule has 0 spiro atoms. The second-order valence-corrected chi connectivity index (χ2v) is 4.91. The van der Waals surface area contributed by atoms with Crippen molar-refractivity contribution in [1.82, 2.24) is 4.90 Å². The monoisotopic (exact) mass is 202 g/mol. The van der Waals surface area contributed by atoms with Gasteiger partial charge in [-0.05, 0) is 55.5 Å². The summed E-state index contributed by atoms with van der Waals surface area (Å²) in [5.74, 6) is 1.63. The molecule has 0 radical (unpaired) electrons. The Hall–Kier alpha value is -1.02. The van der Waals surface area contributed by atoms with Crippen molar-refractivity contribution in [2.75, 3.05) is 25.4 Å². The summed E-state index contributed by atoms with van der Waals surface area (Å²) in [6, 6.07) is 8.46. The van der Waals surface area contributed by atoms with E-state index in [0.29, 0.717) is 0 Å². The highest BCUT2D eigenvalue weighted by Crippen LogP contribution is 2.39. The fraction of sp³-hybridized carbons (Fsp3) is 0.538. The van der Waals surface area contributed by atoms with Crippen molar-refractivity contribution < 1.29 is 0 Å². The van der Waals surface area contributed by atoms with Crippen LogP contribution in [0, 0.1) is 5.92 Å². The number of anilines is 1.